The average Bonchev–Trinajstić information content (AvgIpc) is 2.19. The van der Waals surface area contributed by atoms with Crippen LogP contribution in [0.1, 0.15) is 65.2 Å². The van der Waals surface area contributed by atoms with Crippen molar-refractivity contribution >= 4 is 11.4 Å². The number of benzene rings is 1. The van der Waals surface area contributed by atoms with Gasteiger partial charge in [0.1, 0.15) is 0 Å². The second-order valence-corrected chi connectivity index (χ2v) is 7.65. The van der Waals surface area contributed by atoms with Gasteiger partial charge in [0, 0.05) is 5.71 Å². The van der Waals surface area contributed by atoms with Crippen LogP contribution in [0.2, 0.25) is 0 Å². The monoisotopic (exact) mass is 259 g/mol. The number of aryl methyl sites for hydroxylation is 2. The molecule has 19 heavy (non-hydrogen) atoms. The first-order valence-corrected chi connectivity index (χ1v) is 7.10. The second-order valence-electron chi connectivity index (χ2n) is 7.65. The van der Waals surface area contributed by atoms with Crippen LogP contribution in [0.3, 0.4) is 0 Å². The lowest BCUT2D eigenvalue weighted by molar-refractivity contribution is 0.584. The second kappa shape index (κ2) is 5.11. The summed E-state index contributed by atoms with van der Waals surface area (Å²) in [5, 5.41) is 0. The fraction of sp³-hybridized carbons (Fsp3) is 0.611. The highest BCUT2D eigenvalue weighted by atomic mass is 14.8. The van der Waals surface area contributed by atoms with E-state index in [4.69, 9.17) is 4.99 Å². The molecule has 0 fully saturated rings. The predicted molar refractivity (Wildman–Crippen MR) is 86.8 cm³/mol. The van der Waals surface area contributed by atoms with E-state index in [0.29, 0.717) is 0 Å². The van der Waals surface area contributed by atoms with Crippen LogP contribution >= 0.6 is 0 Å². The number of hydrogen-bond donors (Lipinski definition) is 0. The Morgan fingerprint density at radius 1 is 0.895 bits per heavy atom. The zero-order valence-corrected chi connectivity index (χ0v) is 14.1. The Hall–Kier alpha value is -1.11. The first-order valence-electron chi connectivity index (χ1n) is 7.10. The molecule has 0 atom stereocenters. The van der Waals surface area contributed by atoms with Crippen molar-refractivity contribution in [2.24, 2.45) is 10.4 Å². The van der Waals surface area contributed by atoms with Gasteiger partial charge in [0.05, 0.1) is 5.69 Å². The van der Waals surface area contributed by atoms with Gasteiger partial charge in [0.2, 0.25) is 0 Å². The summed E-state index contributed by atoms with van der Waals surface area (Å²) in [6.07, 6.45) is 0. The highest BCUT2D eigenvalue weighted by Gasteiger charge is 2.19. The first-order chi connectivity index (χ1) is 8.43. The first kappa shape index (κ1) is 15.9. The smallest absolute Gasteiger partial charge is 0.0661 e. The van der Waals surface area contributed by atoms with E-state index in [-0.39, 0.29) is 10.8 Å². The lowest BCUT2D eigenvalue weighted by Crippen LogP contribution is -2.16. The highest BCUT2D eigenvalue weighted by Crippen LogP contribution is 2.32. The molecule has 0 N–H and O–H groups in total. The summed E-state index contributed by atoms with van der Waals surface area (Å²) < 4.78 is 0. The number of hydrogen-bond acceptors (Lipinski definition) is 1. The third-order valence-electron chi connectivity index (χ3n) is 3.72. The van der Waals surface area contributed by atoms with Crippen LogP contribution in [0.5, 0.6) is 0 Å². The molecule has 0 heterocycles. The van der Waals surface area contributed by atoms with Crippen molar-refractivity contribution in [3.05, 3.63) is 28.8 Å². The normalized spacial score (nSPS) is 13.8. The van der Waals surface area contributed by atoms with Gasteiger partial charge in [0.25, 0.3) is 0 Å². The standard InChI is InChI=1S/C18H29N/c1-12-11-16(19-14(3)17(4,5)6)13(2)10-15(12)18(7,8)9/h10-11H,1-9H3. The number of aliphatic imine (C=N–C) groups is 1. The molecule has 1 aromatic carbocycles. The maximum absolute atomic E-state index is 4.83. The molecule has 0 spiro atoms. The van der Waals surface area contributed by atoms with Crippen LogP contribution in [0.15, 0.2) is 17.1 Å². The molecular formula is C18H29N. The van der Waals surface area contributed by atoms with E-state index < -0.39 is 0 Å². The molecule has 1 aromatic rings. The molecular weight excluding hydrogens is 230 g/mol. The summed E-state index contributed by atoms with van der Waals surface area (Å²) in [6, 6.07) is 4.52. The van der Waals surface area contributed by atoms with Gasteiger partial charge < -0.3 is 0 Å². The predicted octanol–water partition coefficient (Wildman–Crippen LogP) is 5.74. The van der Waals surface area contributed by atoms with Gasteiger partial charge in [-0.25, -0.2) is 0 Å². The van der Waals surface area contributed by atoms with Crippen LogP contribution in [-0.4, -0.2) is 5.71 Å². The van der Waals surface area contributed by atoms with Crippen molar-refractivity contribution in [3.8, 4) is 0 Å². The summed E-state index contributed by atoms with van der Waals surface area (Å²) in [4.78, 5) is 4.83. The van der Waals surface area contributed by atoms with Crippen LogP contribution in [0.25, 0.3) is 0 Å². The van der Waals surface area contributed by atoms with E-state index in [9.17, 15) is 0 Å². The molecule has 0 aliphatic rings. The van der Waals surface area contributed by atoms with Gasteiger partial charge in [0.15, 0.2) is 0 Å². The van der Waals surface area contributed by atoms with Crippen LogP contribution in [-0.2, 0) is 5.41 Å². The fourth-order valence-corrected chi connectivity index (χ4v) is 2.08. The Bertz CT molecular complexity index is 494. The maximum atomic E-state index is 4.83. The van der Waals surface area contributed by atoms with Crippen molar-refractivity contribution in [1.29, 1.82) is 0 Å². The van der Waals surface area contributed by atoms with Crippen LogP contribution < -0.4 is 0 Å². The molecule has 0 unspecified atom stereocenters. The molecule has 0 amide bonds. The molecule has 1 rings (SSSR count). The molecule has 0 saturated heterocycles. The molecule has 106 valence electrons. The van der Waals surface area contributed by atoms with Gasteiger partial charge >= 0.3 is 0 Å². The molecule has 1 nitrogen and oxygen atoms in total. The summed E-state index contributed by atoms with van der Waals surface area (Å²) >= 11 is 0. The Kier molecular flexibility index (Phi) is 4.29. The Morgan fingerprint density at radius 2 is 1.42 bits per heavy atom. The van der Waals surface area contributed by atoms with Crippen molar-refractivity contribution in [2.45, 2.75) is 67.7 Å². The maximum Gasteiger partial charge on any atom is 0.0661 e. The summed E-state index contributed by atoms with van der Waals surface area (Å²) in [6.45, 7) is 19.9. The van der Waals surface area contributed by atoms with Gasteiger partial charge in [-0.2, -0.15) is 0 Å². The minimum atomic E-state index is 0.128. The summed E-state index contributed by atoms with van der Waals surface area (Å²) in [7, 11) is 0. The topological polar surface area (TPSA) is 12.4 Å². The van der Waals surface area contributed by atoms with Gasteiger partial charge in [-0.3, -0.25) is 4.99 Å². The van der Waals surface area contributed by atoms with E-state index in [2.05, 4.69) is 74.4 Å². The minimum Gasteiger partial charge on any atom is -0.257 e. The third-order valence-corrected chi connectivity index (χ3v) is 3.72. The van der Waals surface area contributed by atoms with Gasteiger partial charge in [-0.15, -0.1) is 0 Å². The lowest BCUT2D eigenvalue weighted by Gasteiger charge is -2.24. The Morgan fingerprint density at radius 3 is 1.84 bits per heavy atom. The van der Waals surface area contributed by atoms with E-state index in [1.807, 2.05) is 0 Å². The molecule has 0 aromatic heterocycles. The zero-order chi connectivity index (χ0) is 15.0. The quantitative estimate of drug-likeness (QED) is 0.570. The number of nitrogens with zero attached hydrogens (tertiary/aromatic N) is 1. The SMILES string of the molecule is CC(=Nc1cc(C)c(C(C)(C)C)cc1C)C(C)(C)C. The Labute approximate surface area is 119 Å². The van der Waals surface area contributed by atoms with Crippen molar-refractivity contribution in [1.82, 2.24) is 0 Å². The highest BCUT2D eigenvalue weighted by molar-refractivity contribution is 5.89. The number of rotatable bonds is 1. The fourth-order valence-electron chi connectivity index (χ4n) is 2.08. The van der Waals surface area contributed by atoms with Crippen molar-refractivity contribution < 1.29 is 0 Å². The molecule has 0 bridgehead atoms. The van der Waals surface area contributed by atoms with Crippen molar-refractivity contribution in [2.75, 3.05) is 0 Å². The van der Waals surface area contributed by atoms with E-state index >= 15 is 0 Å². The van der Waals surface area contributed by atoms with Gasteiger partial charge in [-0.1, -0.05) is 47.6 Å². The van der Waals surface area contributed by atoms with Gasteiger partial charge in [-0.05, 0) is 54.4 Å². The van der Waals surface area contributed by atoms with E-state index in [1.165, 1.54) is 22.4 Å². The molecule has 0 aliphatic heterocycles. The van der Waals surface area contributed by atoms with E-state index in [0.717, 1.165) is 5.69 Å². The molecule has 1 heteroatoms. The lowest BCUT2D eigenvalue weighted by atomic mass is 9.83. The molecule has 0 saturated carbocycles. The summed E-state index contributed by atoms with van der Waals surface area (Å²) in [5.41, 5.74) is 6.62. The Balaban J connectivity index is 3.32. The molecule has 0 aliphatic carbocycles. The van der Waals surface area contributed by atoms with Crippen LogP contribution in [0.4, 0.5) is 5.69 Å². The van der Waals surface area contributed by atoms with Crippen LogP contribution in [0, 0.1) is 19.3 Å². The molecule has 0 radical (unpaired) electrons. The minimum absolute atomic E-state index is 0.128. The van der Waals surface area contributed by atoms with E-state index in [1.54, 1.807) is 0 Å². The summed E-state index contributed by atoms with van der Waals surface area (Å²) in [5.74, 6) is 0. The third kappa shape index (κ3) is 3.92. The largest absolute Gasteiger partial charge is 0.257 e. The average molecular weight is 259 g/mol. The zero-order valence-electron chi connectivity index (χ0n) is 14.1. The van der Waals surface area contributed by atoms with Crippen molar-refractivity contribution in [3.63, 3.8) is 0 Å².